The summed E-state index contributed by atoms with van der Waals surface area (Å²) in [7, 11) is 0. The van der Waals surface area contributed by atoms with Gasteiger partial charge in [0.2, 0.25) is 0 Å². The quantitative estimate of drug-likeness (QED) is 0.794. The van der Waals surface area contributed by atoms with E-state index >= 15 is 0 Å². The molecule has 0 aromatic heterocycles. The predicted molar refractivity (Wildman–Crippen MR) is 93.6 cm³/mol. The van der Waals surface area contributed by atoms with E-state index in [0.717, 1.165) is 36.2 Å². The molecule has 1 fully saturated rings. The molecule has 1 aromatic carbocycles. The van der Waals surface area contributed by atoms with Gasteiger partial charge in [-0.3, -0.25) is 4.90 Å². The SMILES string of the molecule is Fc1cc(F)cc(CN2CCSCCSCCSCC2)c1. The van der Waals surface area contributed by atoms with Gasteiger partial charge in [0.1, 0.15) is 11.6 Å². The minimum absolute atomic E-state index is 0.486. The highest BCUT2D eigenvalue weighted by molar-refractivity contribution is 8.04. The van der Waals surface area contributed by atoms with Crippen molar-refractivity contribution in [3.05, 3.63) is 35.4 Å². The third-order valence-corrected chi connectivity index (χ3v) is 6.61. The van der Waals surface area contributed by atoms with E-state index in [-0.39, 0.29) is 0 Å². The van der Waals surface area contributed by atoms with Gasteiger partial charge in [-0.1, -0.05) is 0 Å². The number of hydrogen-bond acceptors (Lipinski definition) is 4. The Labute approximate surface area is 138 Å². The molecule has 2 rings (SSSR count). The maximum atomic E-state index is 13.3. The lowest BCUT2D eigenvalue weighted by atomic mass is 10.2. The maximum Gasteiger partial charge on any atom is 0.126 e. The average Bonchev–Trinajstić information content (AvgIpc) is 2.40. The molecular weight excluding hydrogens is 328 g/mol. The fourth-order valence-corrected chi connectivity index (χ4v) is 5.43. The van der Waals surface area contributed by atoms with Crippen molar-refractivity contribution in [3.63, 3.8) is 0 Å². The van der Waals surface area contributed by atoms with Crippen LogP contribution in [0.1, 0.15) is 5.56 Å². The fourth-order valence-electron chi connectivity index (χ4n) is 2.16. The lowest BCUT2D eigenvalue weighted by Crippen LogP contribution is -2.28. The van der Waals surface area contributed by atoms with Gasteiger partial charge in [-0.05, 0) is 17.7 Å². The van der Waals surface area contributed by atoms with Gasteiger partial charge in [0.05, 0.1) is 0 Å². The Kier molecular flexibility index (Phi) is 8.29. The highest BCUT2D eigenvalue weighted by Gasteiger charge is 2.09. The summed E-state index contributed by atoms with van der Waals surface area (Å²) in [5.41, 5.74) is 0.727. The molecule has 1 aliphatic rings. The molecule has 0 N–H and O–H groups in total. The summed E-state index contributed by atoms with van der Waals surface area (Å²) in [4.78, 5) is 2.31. The zero-order valence-corrected chi connectivity index (χ0v) is 14.5. The highest BCUT2D eigenvalue weighted by atomic mass is 32.2. The van der Waals surface area contributed by atoms with Gasteiger partial charge in [0, 0.05) is 60.2 Å². The second-order valence-corrected chi connectivity index (χ2v) is 8.57. The molecule has 0 aliphatic carbocycles. The lowest BCUT2D eigenvalue weighted by Gasteiger charge is -2.22. The second kappa shape index (κ2) is 9.98. The largest absolute Gasteiger partial charge is 0.297 e. The first kappa shape index (κ1) is 17.4. The van der Waals surface area contributed by atoms with Gasteiger partial charge in [0.15, 0.2) is 0 Å². The Bertz CT molecular complexity index is 399. The van der Waals surface area contributed by atoms with Gasteiger partial charge >= 0.3 is 0 Å². The van der Waals surface area contributed by atoms with Gasteiger partial charge in [-0.2, -0.15) is 35.3 Å². The summed E-state index contributed by atoms with van der Waals surface area (Å²) in [6.45, 7) is 2.59. The molecule has 6 heteroatoms. The Balaban J connectivity index is 1.90. The van der Waals surface area contributed by atoms with E-state index in [1.54, 1.807) is 0 Å². The first-order valence-electron chi connectivity index (χ1n) is 7.14. The van der Waals surface area contributed by atoms with Crippen LogP contribution in [0.4, 0.5) is 8.78 Å². The van der Waals surface area contributed by atoms with E-state index in [9.17, 15) is 8.78 Å². The molecule has 1 aromatic rings. The highest BCUT2D eigenvalue weighted by Crippen LogP contribution is 2.15. The summed E-state index contributed by atoms with van der Waals surface area (Å²) < 4.78 is 26.6. The first-order valence-corrected chi connectivity index (χ1v) is 10.6. The minimum Gasteiger partial charge on any atom is -0.297 e. The number of nitrogens with zero attached hydrogens (tertiary/aromatic N) is 1. The molecule has 0 saturated carbocycles. The smallest absolute Gasteiger partial charge is 0.126 e. The van der Waals surface area contributed by atoms with Gasteiger partial charge in [-0.15, -0.1) is 0 Å². The van der Waals surface area contributed by atoms with Crippen molar-refractivity contribution >= 4 is 35.3 Å². The van der Waals surface area contributed by atoms with Crippen LogP contribution in [-0.2, 0) is 6.54 Å². The Morgan fingerprint density at radius 1 is 0.762 bits per heavy atom. The Morgan fingerprint density at radius 3 is 1.76 bits per heavy atom. The van der Waals surface area contributed by atoms with Crippen molar-refractivity contribution in [2.24, 2.45) is 0 Å². The first-order chi connectivity index (χ1) is 10.2. The fraction of sp³-hybridized carbons (Fsp3) is 0.600. The molecule has 118 valence electrons. The van der Waals surface area contributed by atoms with E-state index < -0.39 is 11.6 Å². The van der Waals surface area contributed by atoms with Crippen molar-refractivity contribution < 1.29 is 8.78 Å². The van der Waals surface area contributed by atoms with Crippen molar-refractivity contribution in [2.45, 2.75) is 6.54 Å². The Hall–Kier alpha value is 0.0900. The summed E-state index contributed by atoms with van der Waals surface area (Å²) in [5.74, 6) is 6.03. The van der Waals surface area contributed by atoms with Crippen LogP contribution in [0.5, 0.6) is 0 Å². The van der Waals surface area contributed by atoms with Crippen molar-refractivity contribution in [1.82, 2.24) is 4.90 Å². The minimum atomic E-state index is -0.486. The lowest BCUT2D eigenvalue weighted by molar-refractivity contribution is 0.300. The van der Waals surface area contributed by atoms with Crippen LogP contribution >= 0.6 is 35.3 Å². The molecule has 0 amide bonds. The zero-order valence-electron chi connectivity index (χ0n) is 12.0. The number of rotatable bonds is 2. The summed E-state index contributed by atoms with van der Waals surface area (Å²) in [6, 6.07) is 3.81. The van der Waals surface area contributed by atoms with E-state index in [0.29, 0.717) is 6.54 Å². The molecule has 1 nitrogen and oxygen atoms in total. The van der Waals surface area contributed by atoms with Crippen LogP contribution in [0.3, 0.4) is 0 Å². The van der Waals surface area contributed by atoms with E-state index in [2.05, 4.69) is 4.90 Å². The molecule has 1 heterocycles. The maximum absolute atomic E-state index is 13.3. The van der Waals surface area contributed by atoms with Gasteiger partial charge in [0.25, 0.3) is 0 Å². The second-order valence-electron chi connectivity index (χ2n) is 4.89. The standard InChI is InChI=1S/C15H21F2NS3/c16-14-9-13(10-15(17)11-14)12-18-1-3-19-5-7-21-8-6-20-4-2-18/h9-11H,1-8,12H2. The van der Waals surface area contributed by atoms with E-state index in [4.69, 9.17) is 0 Å². The van der Waals surface area contributed by atoms with Crippen molar-refractivity contribution in [2.75, 3.05) is 47.6 Å². The molecule has 1 saturated heterocycles. The van der Waals surface area contributed by atoms with Crippen molar-refractivity contribution in [3.8, 4) is 0 Å². The summed E-state index contributed by atoms with van der Waals surface area (Å²) >= 11 is 5.98. The third kappa shape index (κ3) is 7.26. The summed E-state index contributed by atoms with van der Waals surface area (Å²) in [5, 5.41) is 0. The number of benzene rings is 1. The van der Waals surface area contributed by atoms with Crippen LogP contribution in [-0.4, -0.2) is 52.5 Å². The van der Waals surface area contributed by atoms with Gasteiger partial charge in [-0.25, -0.2) is 8.78 Å². The summed E-state index contributed by atoms with van der Waals surface area (Å²) in [6.07, 6.45) is 0. The zero-order chi connectivity index (χ0) is 14.9. The topological polar surface area (TPSA) is 3.24 Å². The molecule has 0 unspecified atom stereocenters. The number of thioether (sulfide) groups is 3. The van der Waals surface area contributed by atoms with Crippen LogP contribution in [0.25, 0.3) is 0 Å². The van der Waals surface area contributed by atoms with Crippen LogP contribution in [0.15, 0.2) is 18.2 Å². The molecular formula is C15H21F2NS3. The molecule has 0 spiro atoms. The number of hydrogen-bond donors (Lipinski definition) is 0. The van der Waals surface area contributed by atoms with Crippen LogP contribution in [0, 0.1) is 11.6 Å². The predicted octanol–water partition coefficient (Wildman–Crippen LogP) is 3.98. The third-order valence-electron chi connectivity index (χ3n) is 3.18. The van der Waals surface area contributed by atoms with Gasteiger partial charge < -0.3 is 0 Å². The van der Waals surface area contributed by atoms with E-state index in [1.165, 1.54) is 35.1 Å². The number of halogens is 2. The Morgan fingerprint density at radius 2 is 1.24 bits per heavy atom. The molecule has 0 bridgehead atoms. The molecule has 1 aliphatic heterocycles. The molecule has 0 atom stereocenters. The normalized spacial score (nSPS) is 19.7. The monoisotopic (exact) mass is 349 g/mol. The average molecular weight is 350 g/mol. The van der Waals surface area contributed by atoms with Crippen molar-refractivity contribution in [1.29, 1.82) is 0 Å². The molecule has 0 radical (unpaired) electrons. The van der Waals surface area contributed by atoms with E-state index in [1.807, 2.05) is 35.3 Å². The van der Waals surface area contributed by atoms with Crippen LogP contribution in [0.2, 0.25) is 0 Å². The molecule has 21 heavy (non-hydrogen) atoms. The van der Waals surface area contributed by atoms with Crippen LogP contribution < -0.4 is 0 Å².